The first kappa shape index (κ1) is 15.8. The molecule has 0 aliphatic carbocycles. The number of aliphatic hydroxyl groups excluding tert-OH is 1. The summed E-state index contributed by atoms with van der Waals surface area (Å²) in [5, 5.41) is 10.7. The molecular formula is C20H20O2. The molecule has 1 atom stereocenters. The summed E-state index contributed by atoms with van der Waals surface area (Å²) in [6.45, 7) is 9.86. The third-order valence-corrected chi connectivity index (χ3v) is 3.24. The van der Waals surface area contributed by atoms with Crippen molar-refractivity contribution >= 4 is 5.57 Å². The Balaban J connectivity index is 2.34. The van der Waals surface area contributed by atoms with Crippen LogP contribution in [0.25, 0.3) is 5.57 Å². The first-order chi connectivity index (χ1) is 10.6. The summed E-state index contributed by atoms with van der Waals surface area (Å²) in [5.74, 6) is 0.640. The molecule has 0 aliphatic heterocycles. The van der Waals surface area contributed by atoms with Crippen LogP contribution >= 0.6 is 0 Å². The highest BCUT2D eigenvalue weighted by atomic mass is 16.5. The Morgan fingerprint density at radius 2 is 1.77 bits per heavy atom. The quantitative estimate of drug-likeness (QED) is 0.625. The first-order valence-corrected chi connectivity index (χ1v) is 7.13. The van der Waals surface area contributed by atoms with E-state index in [0.717, 1.165) is 11.1 Å². The van der Waals surface area contributed by atoms with Crippen molar-refractivity contribution in [1.29, 1.82) is 0 Å². The molecule has 0 spiro atoms. The monoisotopic (exact) mass is 292 g/mol. The Hall–Kier alpha value is -2.54. The van der Waals surface area contributed by atoms with Crippen molar-refractivity contribution < 1.29 is 9.84 Å². The van der Waals surface area contributed by atoms with Gasteiger partial charge in [-0.15, -0.1) is 5.73 Å². The van der Waals surface area contributed by atoms with Crippen LogP contribution < -0.4 is 4.74 Å². The molecule has 0 aliphatic rings. The summed E-state index contributed by atoms with van der Waals surface area (Å²) in [6.07, 6.45) is -0.846. The van der Waals surface area contributed by atoms with Gasteiger partial charge in [-0.2, -0.15) is 0 Å². The van der Waals surface area contributed by atoms with Crippen LogP contribution in [0.1, 0.15) is 24.2 Å². The van der Waals surface area contributed by atoms with Gasteiger partial charge in [-0.1, -0.05) is 61.7 Å². The van der Waals surface area contributed by atoms with Gasteiger partial charge in [0.15, 0.2) is 0 Å². The Kier molecular flexibility index (Phi) is 5.37. The minimum Gasteiger partial charge on any atom is -0.489 e. The molecule has 2 aromatic carbocycles. The van der Waals surface area contributed by atoms with Gasteiger partial charge in [0.1, 0.15) is 18.5 Å². The number of benzene rings is 2. The lowest BCUT2D eigenvalue weighted by molar-refractivity contribution is 0.229. The fourth-order valence-electron chi connectivity index (χ4n) is 2.17. The summed E-state index contributed by atoms with van der Waals surface area (Å²) in [4.78, 5) is 0. The molecule has 0 heterocycles. The number of para-hydroxylation sites is 1. The van der Waals surface area contributed by atoms with E-state index in [1.165, 1.54) is 0 Å². The molecule has 1 N–H and O–H groups in total. The van der Waals surface area contributed by atoms with Crippen LogP contribution in [-0.4, -0.2) is 11.7 Å². The summed E-state index contributed by atoms with van der Waals surface area (Å²) in [7, 11) is 0. The highest BCUT2D eigenvalue weighted by Crippen LogP contribution is 2.34. The molecule has 0 fully saturated rings. The van der Waals surface area contributed by atoms with E-state index < -0.39 is 6.10 Å². The highest BCUT2D eigenvalue weighted by molar-refractivity contribution is 5.70. The molecule has 0 amide bonds. The molecule has 0 saturated heterocycles. The molecule has 112 valence electrons. The fourth-order valence-corrected chi connectivity index (χ4v) is 2.17. The Bertz CT molecular complexity index is 695. The minimum absolute atomic E-state index is 0.419. The number of hydrogen-bond donors (Lipinski definition) is 1. The van der Waals surface area contributed by atoms with Gasteiger partial charge in [-0.3, -0.25) is 0 Å². The van der Waals surface area contributed by atoms with Gasteiger partial charge in [-0.25, -0.2) is 0 Å². The van der Waals surface area contributed by atoms with Gasteiger partial charge in [-0.05, 0) is 24.1 Å². The van der Waals surface area contributed by atoms with E-state index in [-0.39, 0.29) is 0 Å². The lowest BCUT2D eigenvalue weighted by atomic mass is 9.95. The molecule has 0 aromatic heterocycles. The maximum absolute atomic E-state index is 10.7. The van der Waals surface area contributed by atoms with E-state index in [1.807, 2.05) is 61.5 Å². The summed E-state index contributed by atoms with van der Waals surface area (Å²) < 4.78 is 5.73. The molecule has 2 aromatic rings. The van der Waals surface area contributed by atoms with Crippen LogP contribution in [-0.2, 0) is 0 Å². The van der Waals surface area contributed by atoms with Crippen LogP contribution in [0.15, 0.2) is 79.1 Å². The fraction of sp³-hybridized carbons (Fsp3) is 0.150. The molecule has 0 radical (unpaired) electrons. The summed E-state index contributed by atoms with van der Waals surface area (Å²) in [6, 6.07) is 17.1. The summed E-state index contributed by atoms with van der Waals surface area (Å²) >= 11 is 0. The minimum atomic E-state index is -0.846. The van der Waals surface area contributed by atoms with Crippen molar-refractivity contribution in [1.82, 2.24) is 0 Å². The Labute approximate surface area is 131 Å². The average Bonchev–Trinajstić information content (AvgIpc) is 2.55. The number of aliphatic hydroxyl groups is 1. The smallest absolute Gasteiger partial charge is 0.125 e. The largest absolute Gasteiger partial charge is 0.489 e. The van der Waals surface area contributed by atoms with Crippen LogP contribution in [0.4, 0.5) is 0 Å². The van der Waals surface area contributed by atoms with Crippen molar-refractivity contribution in [2.45, 2.75) is 13.0 Å². The molecular weight excluding hydrogens is 272 g/mol. The zero-order valence-corrected chi connectivity index (χ0v) is 12.8. The number of rotatable bonds is 6. The maximum atomic E-state index is 10.7. The van der Waals surface area contributed by atoms with Crippen LogP contribution in [0.3, 0.4) is 0 Å². The average molecular weight is 292 g/mol. The second kappa shape index (κ2) is 7.46. The third-order valence-electron chi connectivity index (χ3n) is 3.24. The second-order valence-electron chi connectivity index (χ2n) is 5.14. The lowest BCUT2D eigenvalue weighted by Gasteiger charge is -2.18. The topological polar surface area (TPSA) is 29.5 Å². The van der Waals surface area contributed by atoms with Crippen molar-refractivity contribution in [2.24, 2.45) is 0 Å². The van der Waals surface area contributed by atoms with Gasteiger partial charge in [0.05, 0.1) is 0 Å². The third kappa shape index (κ3) is 3.76. The molecule has 22 heavy (non-hydrogen) atoms. The van der Waals surface area contributed by atoms with E-state index in [2.05, 4.69) is 18.9 Å². The SMILES string of the molecule is C=C=C(c1ccccc1)C(O)c1ccccc1OCC(=C)C. The molecule has 0 saturated carbocycles. The van der Waals surface area contributed by atoms with Crippen molar-refractivity contribution in [3.05, 3.63) is 90.2 Å². The zero-order valence-electron chi connectivity index (χ0n) is 12.8. The van der Waals surface area contributed by atoms with E-state index in [9.17, 15) is 5.11 Å². The van der Waals surface area contributed by atoms with Gasteiger partial charge >= 0.3 is 0 Å². The van der Waals surface area contributed by atoms with Crippen molar-refractivity contribution in [3.8, 4) is 5.75 Å². The predicted molar refractivity (Wildman–Crippen MR) is 90.7 cm³/mol. The van der Waals surface area contributed by atoms with Gasteiger partial charge in [0, 0.05) is 11.1 Å². The van der Waals surface area contributed by atoms with E-state index >= 15 is 0 Å². The molecule has 0 bridgehead atoms. The van der Waals surface area contributed by atoms with Crippen LogP contribution in [0, 0.1) is 0 Å². The standard InChI is InChI=1S/C20H20O2/c1-4-17(16-10-6-5-7-11-16)20(21)18-12-8-9-13-19(18)22-14-15(2)3/h5-13,20-21H,1-2,14H2,3H3. The van der Waals surface area contributed by atoms with E-state index in [0.29, 0.717) is 23.5 Å². The molecule has 2 rings (SSSR count). The maximum Gasteiger partial charge on any atom is 0.125 e. The summed E-state index contributed by atoms with van der Waals surface area (Å²) in [5.41, 5.74) is 5.99. The molecule has 2 nitrogen and oxygen atoms in total. The number of ether oxygens (including phenoxy) is 1. The van der Waals surface area contributed by atoms with Gasteiger partial charge in [0.25, 0.3) is 0 Å². The predicted octanol–water partition coefficient (Wildman–Crippen LogP) is 4.54. The van der Waals surface area contributed by atoms with Crippen LogP contribution in [0.5, 0.6) is 5.75 Å². The van der Waals surface area contributed by atoms with E-state index in [1.54, 1.807) is 0 Å². The van der Waals surface area contributed by atoms with Gasteiger partial charge in [0.2, 0.25) is 0 Å². The Morgan fingerprint density at radius 1 is 1.14 bits per heavy atom. The normalized spacial score (nSPS) is 11.4. The molecule has 1 unspecified atom stereocenters. The second-order valence-corrected chi connectivity index (χ2v) is 5.14. The van der Waals surface area contributed by atoms with Crippen LogP contribution in [0.2, 0.25) is 0 Å². The molecule has 2 heteroatoms. The Morgan fingerprint density at radius 3 is 2.41 bits per heavy atom. The number of hydrogen-bond acceptors (Lipinski definition) is 2. The highest BCUT2D eigenvalue weighted by Gasteiger charge is 2.18. The van der Waals surface area contributed by atoms with E-state index in [4.69, 9.17) is 4.74 Å². The zero-order chi connectivity index (χ0) is 15.9. The first-order valence-electron chi connectivity index (χ1n) is 7.13. The van der Waals surface area contributed by atoms with Gasteiger partial charge < -0.3 is 9.84 Å². The lowest BCUT2D eigenvalue weighted by Crippen LogP contribution is -2.06. The van der Waals surface area contributed by atoms with Crippen molar-refractivity contribution in [2.75, 3.05) is 6.61 Å². The van der Waals surface area contributed by atoms with Crippen molar-refractivity contribution in [3.63, 3.8) is 0 Å².